The van der Waals surface area contributed by atoms with Gasteiger partial charge in [-0.25, -0.2) is 4.79 Å². The Morgan fingerprint density at radius 3 is 2.05 bits per heavy atom. The van der Waals surface area contributed by atoms with Crippen molar-refractivity contribution in [3.63, 3.8) is 0 Å². The van der Waals surface area contributed by atoms with E-state index in [2.05, 4.69) is 0 Å². The van der Waals surface area contributed by atoms with Crippen LogP contribution in [0.25, 0.3) is 0 Å². The van der Waals surface area contributed by atoms with Crippen LogP contribution in [0.3, 0.4) is 0 Å². The van der Waals surface area contributed by atoms with E-state index < -0.39 is 95.7 Å². The number of hydrogen-bond donors (Lipinski definition) is 11. The Morgan fingerprint density at radius 1 is 0.795 bits per heavy atom. The lowest BCUT2D eigenvalue weighted by atomic mass is 9.93. The van der Waals surface area contributed by atoms with Crippen molar-refractivity contribution in [3.8, 4) is 51.7 Å². The number of benzene rings is 3. The predicted octanol–water partition coefficient (Wildman–Crippen LogP) is -0.294. The van der Waals surface area contributed by atoms with Crippen LogP contribution in [0.4, 0.5) is 0 Å². The fourth-order valence-corrected chi connectivity index (χ4v) is 4.95. The third-order valence-corrected chi connectivity index (χ3v) is 7.21. The molecule has 7 atom stereocenters. The standard InChI is InChI=1S/C28H28O16/c29-8-20-22(37)23(38)24(39)28(43-20)44-26-16(34)1-9(2-17(26)35)25-19(7-12-13(31)5-11(30)6-18(12)41-25)42-27(40)10-3-14(32)21(36)15(33)4-10/h1-6,19-20,22-25,28-39H,7-8H2/t19-,20-,22-,23+,24-,25-,28+/m1/s1. The van der Waals surface area contributed by atoms with Crippen molar-refractivity contribution in [1.82, 2.24) is 0 Å². The highest BCUT2D eigenvalue weighted by Gasteiger charge is 2.45. The molecular weight excluding hydrogens is 592 g/mol. The summed E-state index contributed by atoms with van der Waals surface area (Å²) in [5.74, 6) is -6.50. The molecule has 3 aromatic carbocycles. The molecule has 11 N–H and O–H groups in total. The zero-order valence-electron chi connectivity index (χ0n) is 22.4. The number of carbonyl (C=O) groups is 1. The number of hydrogen-bond acceptors (Lipinski definition) is 16. The number of carbonyl (C=O) groups excluding carboxylic acids is 1. The molecule has 2 aliphatic heterocycles. The summed E-state index contributed by atoms with van der Waals surface area (Å²) in [5, 5.41) is 111. The first-order valence-corrected chi connectivity index (χ1v) is 13.0. The van der Waals surface area contributed by atoms with E-state index in [0.29, 0.717) is 0 Å². The number of esters is 1. The summed E-state index contributed by atoms with van der Waals surface area (Å²) < 4.78 is 22.1. The van der Waals surface area contributed by atoms with Gasteiger partial charge in [-0.05, 0) is 24.3 Å². The maximum absolute atomic E-state index is 13.0. The third-order valence-electron chi connectivity index (χ3n) is 7.21. The topological polar surface area (TPSA) is 277 Å². The molecule has 1 saturated heterocycles. The summed E-state index contributed by atoms with van der Waals surface area (Å²) in [6, 6.07) is 5.95. The van der Waals surface area contributed by atoms with Crippen LogP contribution in [-0.2, 0) is 15.9 Å². The van der Waals surface area contributed by atoms with Crippen molar-refractivity contribution < 1.29 is 79.9 Å². The Labute approximate surface area is 247 Å². The summed E-state index contributed by atoms with van der Waals surface area (Å²) in [6.45, 7) is -0.753. The summed E-state index contributed by atoms with van der Waals surface area (Å²) in [5.41, 5.74) is -0.264. The maximum atomic E-state index is 13.0. The van der Waals surface area contributed by atoms with Gasteiger partial charge in [-0.3, -0.25) is 0 Å². The van der Waals surface area contributed by atoms with Crippen LogP contribution in [0.2, 0.25) is 0 Å². The molecule has 16 nitrogen and oxygen atoms in total. The maximum Gasteiger partial charge on any atom is 0.338 e. The SMILES string of the molecule is O=C(O[C@@H]1Cc2c(O)cc(O)cc2O[C@@H]1c1cc(O)c(O[C@@H]2O[C@H](CO)[C@@H](O)[C@H](O)[C@H]2O)c(O)c1)c1cc(O)c(O)c(O)c1. The number of phenolic OH excluding ortho intramolecular Hbond substituents is 7. The molecule has 0 unspecified atom stereocenters. The van der Waals surface area contributed by atoms with Gasteiger partial charge in [0.2, 0.25) is 12.0 Å². The molecule has 0 spiro atoms. The smallest absolute Gasteiger partial charge is 0.338 e. The minimum Gasteiger partial charge on any atom is -0.508 e. The van der Waals surface area contributed by atoms with Crippen LogP contribution in [0.1, 0.15) is 27.6 Å². The lowest BCUT2D eigenvalue weighted by Crippen LogP contribution is -2.60. The highest BCUT2D eigenvalue weighted by Crippen LogP contribution is 2.47. The van der Waals surface area contributed by atoms with Gasteiger partial charge in [0, 0.05) is 29.7 Å². The van der Waals surface area contributed by atoms with E-state index in [0.717, 1.165) is 30.3 Å². The number of fused-ring (bicyclic) bond motifs is 1. The van der Waals surface area contributed by atoms with Crippen LogP contribution < -0.4 is 9.47 Å². The van der Waals surface area contributed by atoms with E-state index >= 15 is 0 Å². The van der Waals surface area contributed by atoms with Crippen LogP contribution in [-0.4, -0.2) is 106 Å². The van der Waals surface area contributed by atoms with Gasteiger partial charge < -0.3 is 75.1 Å². The molecule has 2 heterocycles. The highest BCUT2D eigenvalue weighted by atomic mass is 16.7. The number of ether oxygens (including phenoxy) is 4. The normalized spacial score (nSPS) is 26.3. The van der Waals surface area contributed by atoms with Crippen LogP contribution >= 0.6 is 0 Å². The minimum atomic E-state index is -1.85. The number of aromatic hydroxyl groups is 7. The number of aliphatic hydroxyl groups is 4. The Bertz CT molecular complexity index is 1530. The largest absolute Gasteiger partial charge is 0.508 e. The zero-order chi connectivity index (χ0) is 32.0. The summed E-state index contributed by atoms with van der Waals surface area (Å²) in [7, 11) is 0. The summed E-state index contributed by atoms with van der Waals surface area (Å²) in [6.07, 6.45) is -11.3. The number of rotatable bonds is 6. The zero-order valence-corrected chi connectivity index (χ0v) is 22.4. The van der Waals surface area contributed by atoms with Crippen LogP contribution in [0.15, 0.2) is 36.4 Å². The van der Waals surface area contributed by atoms with Crippen molar-refractivity contribution in [1.29, 1.82) is 0 Å². The second-order valence-corrected chi connectivity index (χ2v) is 10.2. The molecule has 1 fully saturated rings. The Morgan fingerprint density at radius 2 is 1.43 bits per heavy atom. The van der Waals surface area contributed by atoms with Gasteiger partial charge in [0.05, 0.1) is 12.2 Å². The molecule has 16 heteroatoms. The molecule has 0 bridgehead atoms. The van der Waals surface area contributed by atoms with Crippen LogP contribution in [0.5, 0.6) is 51.7 Å². The van der Waals surface area contributed by atoms with E-state index in [1.165, 1.54) is 6.07 Å². The number of aliphatic hydroxyl groups excluding tert-OH is 4. The van der Waals surface area contributed by atoms with E-state index in [1.807, 2.05) is 0 Å². The van der Waals surface area contributed by atoms with E-state index in [-0.39, 0.29) is 34.6 Å². The molecular formula is C28H28O16. The summed E-state index contributed by atoms with van der Waals surface area (Å²) >= 11 is 0. The first-order chi connectivity index (χ1) is 20.8. The fraction of sp³-hybridized carbons (Fsp3) is 0.321. The Hall–Kier alpha value is -4.87. The molecule has 5 rings (SSSR count). The van der Waals surface area contributed by atoms with Crippen molar-refractivity contribution in [2.24, 2.45) is 0 Å². The van der Waals surface area contributed by atoms with E-state index in [4.69, 9.17) is 18.9 Å². The second kappa shape index (κ2) is 11.7. The van der Waals surface area contributed by atoms with Gasteiger partial charge in [0.25, 0.3) is 0 Å². The molecule has 2 aliphatic rings. The predicted molar refractivity (Wildman–Crippen MR) is 142 cm³/mol. The molecule has 236 valence electrons. The van der Waals surface area contributed by atoms with Gasteiger partial charge in [0.15, 0.2) is 34.9 Å². The molecule has 0 aliphatic carbocycles. The van der Waals surface area contributed by atoms with Gasteiger partial charge in [-0.2, -0.15) is 0 Å². The molecule has 0 aromatic heterocycles. The van der Waals surface area contributed by atoms with E-state index in [9.17, 15) is 61.0 Å². The molecule has 3 aromatic rings. The average Bonchev–Trinajstić information content (AvgIpc) is 2.97. The molecule has 44 heavy (non-hydrogen) atoms. The quantitative estimate of drug-likeness (QED) is 0.125. The average molecular weight is 621 g/mol. The van der Waals surface area contributed by atoms with Gasteiger partial charge >= 0.3 is 5.97 Å². The van der Waals surface area contributed by atoms with Gasteiger partial charge in [-0.1, -0.05) is 0 Å². The molecule has 0 saturated carbocycles. The second-order valence-electron chi connectivity index (χ2n) is 10.2. The minimum absolute atomic E-state index is 0.0242. The lowest BCUT2D eigenvalue weighted by molar-refractivity contribution is -0.277. The van der Waals surface area contributed by atoms with Crippen molar-refractivity contribution in [2.75, 3.05) is 6.61 Å². The van der Waals surface area contributed by atoms with Gasteiger partial charge in [-0.15, -0.1) is 0 Å². The van der Waals surface area contributed by atoms with Gasteiger partial charge in [0.1, 0.15) is 47.8 Å². The van der Waals surface area contributed by atoms with E-state index in [1.54, 1.807) is 0 Å². The Balaban J connectivity index is 1.47. The van der Waals surface area contributed by atoms with Crippen LogP contribution in [0, 0.1) is 0 Å². The van der Waals surface area contributed by atoms with Crippen molar-refractivity contribution >= 4 is 5.97 Å². The first kappa shape index (κ1) is 30.6. The Kier molecular flexibility index (Phi) is 8.11. The van der Waals surface area contributed by atoms with Crippen molar-refractivity contribution in [2.45, 2.75) is 49.3 Å². The monoisotopic (exact) mass is 620 g/mol. The first-order valence-electron chi connectivity index (χ1n) is 13.0. The molecule has 0 amide bonds. The van der Waals surface area contributed by atoms with Crippen molar-refractivity contribution in [3.05, 3.63) is 53.1 Å². The summed E-state index contributed by atoms with van der Waals surface area (Å²) in [4.78, 5) is 13.0. The highest BCUT2D eigenvalue weighted by molar-refractivity contribution is 5.91. The third kappa shape index (κ3) is 5.59. The fourth-order valence-electron chi connectivity index (χ4n) is 4.95. The number of phenols is 7. The molecule has 0 radical (unpaired) electrons. The lowest BCUT2D eigenvalue weighted by Gasteiger charge is -2.39.